The number of amides is 1. The van der Waals surface area contributed by atoms with Crippen LogP contribution in [0.4, 0.5) is 5.82 Å². The fraction of sp³-hybridized carbons (Fsp3) is 0.667. The van der Waals surface area contributed by atoms with Gasteiger partial charge in [0.05, 0.1) is 25.7 Å². The topological polar surface area (TPSA) is 275 Å². The Morgan fingerprint density at radius 3 is 2.51 bits per heavy atom. The van der Waals surface area contributed by atoms with Gasteiger partial charge in [0.2, 0.25) is 5.91 Å². The van der Waals surface area contributed by atoms with E-state index >= 15 is 0 Å². The maximum Gasteiger partial charge on any atom is 0.490 e. The largest absolute Gasteiger partial charge is 0.490 e. The lowest BCUT2D eigenvalue weighted by Gasteiger charge is -2.19. The van der Waals surface area contributed by atoms with E-state index in [4.69, 9.17) is 24.2 Å². The lowest BCUT2D eigenvalue weighted by Crippen LogP contribution is -2.33. The first-order valence-corrected chi connectivity index (χ1v) is 15.0. The fourth-order valence-electron chi connectivity index (χ4n) is 2.82. The third-order valence-electron chi connectivity index (χ3n) is 4.31. The second-order valence-corrected chi connectivity index (χ2v) is 11.8. The first kappa shape index (κ1) is 31.7. The fourth-order valence-corrected chi connectivity index (χ4v) is 5.85. The molecule has 37 heavy (non-hydrogen) atoms. The number of phosphoric ester groups is 1. The monoisotopic (exact) mass is 596 g/mol. The number of aromatic nitrogens is 2. The number of nitrogens with one attached hydrogen (secondary N) is 2. The number of aliphatic hydroxyl groups is 1. The Morgan fingerprint density at radius 2 is 1.89 bits per heavy atom. The average Bonchev–Trinajstić information content (AvgIpc) is 3.11. The number of nitrogens with zero attached hydrogens (tertiary/aromatic N) is 2. The molecule has 0 bridgehead atoms. The van der Waals surface area contributed by atoms with Crippen LogP contribution in [0.1, 0.15) is 32.4 Å². The summed E-state index contributed by atoms with van der Waals surface area (Å²) >= 11 is 0. The number of aliphatic hydroxyl groups excluding tert-OH is 1. The van der Waals surface area contributed by atoms with E-state index in [0.717, 1.165) is 11.0 Å². The van der Waals surface area contributed by atoms with E-state index in [1.54, 1.807) is 0 Å². The van der Waals surface area contributed by atoms with Crippen LogP contribution in [0.5, 0.6) is 0 Å². The smallest absolute Gasteiger partial charge is 0.390 e. The van der Waals surface area contributed by atoms with Crippen molar-refractivity contribution >= 4 is 35.2 Å². The van der Waals surface area contributed by atoms with Crippen molar-refractivity contribution in [2.24, 2.45) is 0 Å². The van der Waals surface area contributed by atoms with Gasteiger partial charge in [0.15, 0.2) is 5.82 Å². The first-order chi connectivity index (χ1) is 17.1. The maximum atomic E-state index is 12.4. The molecule has 5 atom stereocenters. The molecule has 5 unspecified atom stereocenters. The highest BCUT2D eigenvalue weighted by Gasteiger charge is 2.43. The minimum absolute atomic E-state index is 0.00632. The molecular formula is C15H27N4O15P3. The number of carbonyl (C=O) groups excluding carboxylic acids is 1. The molecule has 22 heteroatoms. The van der Waals surface area contributed by atoms with Gasteiger partial charge < -0.3 is 34.2 Å². The van der Waals surface area contributed by atoms with Gasteiger partial charge in [0.25, 0.3) is 0 Å². The molecule has 1 saturated heterocycles. The molecule has 1 aromatic heterocycles. The molecule has 19 nitrogen and oxygen atoms in total. The average molecular weight is 596 g/mol. The Balaban J connectivity index is 1.90. The molecule has 1 aliphatic heterocycles. The molecule has 212 valence electrons. The Hall–Kier alpha value is -1.56. The lowest BCUT2D eigenvalue weighted by atomic mass is 10.2. The normalized spacial score (nSPS) is 23.2. The second kappa shape index (κ2) is 13.5. The van der Waals surface area contributed by atoms with E-state index in [-0.39, 0.29) is 25.3 Å². The quantitative estimate of drug-likeness (QED) is 0.0763. The minimum atomic E-state index is -5.70. The molecule has 0 saturated carbocycles. The Morgan fingerprint density at radius 1 is 1.19 bits per heavy atom. The number of ether oxygens (including phenoxy) is 2. The minimum Gasteiger partial charge on any atom is -0.390 e. The molecule has 0 radical (unpaired) electrons. The number of hydrogen-bond acceptors (Lipinski definition) is 13. The van der Waals surface area contributed by atoms with Gasteiger partial charge in [-0.2, -0.15) is 13.6 Å². The van der Waals surface area contributed by atoms with Crippen LogP contribution in [0.25, 0.3) is 0 Å². The number of hydrogen-bond donors (Lipinski definition) is 7. The predicted octanol–water partition coefficient (Wildman–Crippen LogP) is -0.505. The van der Waals surface area contributed by atoms with Crippen molar-refractivity contribution in [1.29, 1.82) is 0 Å². The molecule has 7 N–H and O–H groups in total. The second-order valence-electron chi connectivity index (χ2n) is 7.36. The zero-order valence-electron chi connectivity index (χ0n) is 19.2. The van der Waals surface area contributed by atoms with Gasteiger partial charge in [-0.3, -0.25) is 24.7 Å². The number of anilines is 1. The van der Waals surface area contributed by atoms with Gasteiger partial charge in [-0.05, 0) is 12.5 Å². The summed E-state index contributed by atoms with van der Waals surface area (Å²) in [6.07, 6.45) is -1.80. The number of carbonyl (C=O) groups is 1. The Bertz CT molecular complexity index is 1130. The van der Waals surface area contributed by atoms with E-state index in [1.165, 1.54) is 12.3 Å². The summed E-state index contributed by atoms with van der Waals surface area (Å²) in [5, 5.41) is 10.1. The van der Waals surface area contributed by atoms with Gasteiger partial charge >= 0.3 is 29.2 Å². The molecule has 0 spiro atoms. The first-order valence-electron chi connectivity index (χ1n) is 10.4. The molecule has 2 rings (SSSR count). The number of rotatable bonds is 15. The van der Waals surface area contributed by atoms with Crippen molar-refractivity contribution in [2.75, 3.05) is 25.2 Å². The van der Waals surface area contributed by atoms with Crippen molar-refractivity contribution in [3.05, 3.63) is 22.7 Å². The zero-order valence-corrected chi connectivity index (χ0v) is 21.9. The standard InChI is InChI=1S/C15H27N4O15P3/c1-2-6-30-7-4-13(21)18-17-12-3-5-19(15(22)16-12)14-8-10(20)11(32-14)9-31-36(26,27)34-37(28,29)33-35(23,24)25/h3,5,10-11,14,20H,2,4,6-9H2,1H3,(H,18,21)(H,26,27)(H,28,29)(H,16,17,22)(H2,23,24,25). The van der Waals surface area contributed by atoms with E-state index in [9.17, 15) is 33.3 Å². The number of hydrazine groups is 1. The Kier molecular flexibility index (Phi) is 11.5. The van der Waals surface area contributed by atoms with Crippen LogP contribution in [0.3, 0.4) is 0 Å². The van der Waals surface area contributed by atoms with Crippen molar-refractivity contribution in [3.8, 4) is 0 Å². The van der Waals surface area contributed by atoms with Crippen molar-refractivity contribution in [3.63, 3.8) is 0 Å². The van der Waals surface area contributed by atoms with Gasteiger partial charge in [-0.15, -0.1) is 0 Å². The van der Waals surface area contributed by atoms with Crippen molar-refractivity contribution in [2.45, 2.75) is 44.6 Å². The van der Waals surface area contributed by atoms with Gasteiger partial charge in [0, 0.05) is 19.2 Å². The van der Waals surface area contributed by atoms with Crippen LogP contribution in [0.15, 0.2) is 17.1 Å². The van der Waals surface area contributed by atoms with Crippen LogP contribution in [0, 0.1) is 0 Å². The molecule has 1 amide bonds. The van der Waals surface area contributed by atoms with Gasteiger partial charge in [-0.1, -0.05) is 6.92 Å². The molecule has 1 aromatic rings. The van der Waals surface area contributed by atoms with Crippen LogP contribution >= 0.6 is 23.5 Å². The molecule has 2 heterocycles. The van der Waals surface area contributed by atoms with Crippen LogP contribution in [-0.2, 0) is 41.1 Å². The highest BCUT2D eigenvalue weighted by Crippen LogP contribution is 2.66. The van der Waals surface area contributed by atoms with Crippen LogP contribution in [-0.4, -0.2) is 72.2 Å². The lowest BCUT2D eigenvalue weighted by molar-refractivity contribution is -0.121. The maximum absolute atomic E-state index is 12.4. The highest BCUT2D eigenvalue weighted by molar-refractivity contribution is 7.66. The van der Waals surface area contributed by atoms with Crippen LogP contribution < -0.4 is 16.5 Å². The Labute approximate surface area is 209 Å². The SMILES string of the molecule is CCCOCCC(=O)NNc1ccn(C2CC(O)C(COP(=O)(O)OP(=O)(O)OP(=O)(O)O)O2)c(=O)n1. The summed E-state index contributed by atoms with van der Waals surface area (Å²) in [5.41, 5.74) is 3.98. The van der Waals surface area contributed by atoms with Gasteiger partial charge in [0.1, 0.15) is 12.3 Å². The van der Waals surface area contributed by atoms with Gasteiger partial charge in [-0.25, -0.2) is 18.5 Å². The zero-order chi connectivity index (χ0) is 27.9. The summed E-state index contributed by atoms with van der Waals surface area (Å²) in [5.74, 6) is -0.394. The van der Waals surface area contributed by atoms with Crippen molar-refractivity contribution < 1.29 is 65.8 Å². The van der Waals surface area contributed by atoms with E-state index in [2.05, 4.69) is 29.0 Å². The van der Waals surface area contributed by atoms with E-state index in [1.807, 2.05) is 6.92 Å². The third-order valence-corrected chi connectivity index (χ3v) is 8.12. The molecule has 1 aliphatic rings. The molecule has 0 aromatic carbocycles. The highest BCUT2D eigenvalue weighted by atomic mass is 31.3. The number of phosphoric acid groups is 3. The molecule has 0 aliphatic carbocycles. The summed E-state index contributed by atoms with van der Waals surface area (Å²) in [4.78, 5) is 63.5. The summed E-state index contributed by atoms with van der Waals surface area (Å²) in [6, 6.07) is 1.32. The molecular weight excluding hydrogens is 569 g/mol. The molecule has 1 fully saturated rings. The summed E-state index contributed by atoms with van der Waals surface area (Å²) in [6.45, 7) is 1.79. The summed E-state index contributed by atoms with van der Waals surface area (Å²) < 4.78 is 57.0. The third kappa shape index (κ3) is 11.4. The van der Waals surface area contributed by atoms with E-state index in [0.29, 0.717) is 6.61 Å². The predicted molar refractivity (Wildman–Crippen MR) is 120 cm³/mol. The van der Waals surface area contributed by atoms with Crippen molar-refractivity contribution in [1.82, 2.24) is 15.0 Å². The summed E-state index contributed by atoms with van der Waals surface area (Å²) in [7, 11) is -16.7. The van der Waals surface area contributed by atoms with E-state index < -0.39 is 60.1 Å². The van der Waals surface area contributed by atoms with Crippen LogP contribution in [0.2, 0.25) is 0 Å².